The van der Waals surface area contributed by atoms with Gasteiger partial charge in [0, 0.05) is 12.6 Å². The summed E-state index contributed by atoms with van der Waals surface area (Å²) in [6.45, 7) is 0.778. The van der Waals surface area contributed by atoms with Gasteiger partial charge >= 0.3 is 5.97 Å². The molecule has 1 aromatic rings. The predicted octanol–water partition coefficient (Wildman–Crippen LogP) is 2.03. The minimum absolute atomic E-state index is 0.0242. The van der Waals surface area contributed by atoms with E-state index in [1.165, 1.54) is 11.8 Å². The molecule has 1 aromatic heterocycles. The maximum atomic E-state index is 10.7. The zero-order valence-electron chi connectivity index (χ0n) is 10.6. The summed E-state index contributed by atoms with van der Waals surface area (Å²) >= 11 is 1.24. The predicted molar refractivity (Wildman–Crippen MR) is 69.2 cm³/mol. The Morgan fingerprint density at radius 1 is 1.37 bits per heavy atom. The van der Waals surface area contributed by atoms with Gasteiger partial charge in [-0.3, -0.25) is 4.79 Å². The number of aromatic nitrogens is 3. The number of carboxylic acid groups (broad SMARTS) is 1. The van der Waals surface area contributed by atoms with Crippen LogP contribution in [0.15, 0.2) is 5.16 Å². The third kappa shape index (κ3) is 2.92. The van der Waals surface area contributed by atoms with Crippen molar-refractivity contribution in [3.8, 4) is 0 Å². The number of ether oxygens (including phenoxy) is 1. The molecule has 2 fully saturated rings. The van der Waals surface area contributed by atoms with Crippen molar-refractivity contribution in [2.75, 3.05) is 12.4 Å². The zero-order chi connectivity index (χ0) is 13.2. The largest absolute Gasteiger partial charge is 0.481 e. The van der Waals surface area contributed by atoms with E-state index < -0.39 is 5.97 Å². The molecule has 0 radical (unpaired) electrons. The Labute approximate surface area is 115 Å². The maximum absolute atomic E-state index is 10.7. The molecule has 0 aromatic carbocycles. The van der Waals surface area contributed by atoms with E-state index in [-0.39, 0.29) is 11.9 Å². The van der Waals surface area contributed by atoms with E-state index >= 15 is 0 Å². The Morgan fingerprint density at radius 2 is 2.21 bits per heavy atom. The molecule has 3 rings (SSSR count). The van der Waals surface area contributed by atoms with E-state index in [1.807, 2.05) is 0 Å². The van der Waals surface area contributed by atoms with Crippen LogP contribution in [0.2, 0.25) is 0 Å². The summed E-state index contributed by atoms with van der Waals surface area (Å²) in [6, 6.07) is 0.437. The van der Waals surface area contributed by atoms with Crippen molar-refractivity contribution in [2.24, 2.45) is 0 Å². The molecule has 104 valence electrons. The van der Waals surface area contributed by atoms with Crippen LogP contribution < -0.4 is 0 Å². The number of carbonyl (C=O) groups is 1. The van der Waals surface area contributed by atoms with Gasteiger partial charge < -0.3 is 14.4 Å². The van der Waals surface area contributed by atoms with E-state index in [4.69, 9.17) is 9.84 Å². The van der Waals surface area contributed by atoms with Gasteiger partial charge in [0.25, 0.3) is 0 Å². The van der Waals surface area contributed by atoms with Crippen LogP contribution in [-0.2, 0) is 9.53 Å². The summed E-state index contributed by atoms with van der Waals surface area (Å²) in [4.78, 5) is 10.7. The fourth-order valence-electron chi connectivity index (χ4n) is 2.35. The molecular formula is C12H17N3O3S. The second-order valence-corrected chi connectivity index (χ2v) is 5.92. The van der Waals surface area contributed by atoms with Crippen LogP contribution in [0.1, 0.15) is 50.1 Å². The molecule has 19 heavy (non-hydrogen) atoms. The normalized spacial score (nSPS) is 23.5. The summed E-state index contributed by atoms with van der Waals surface area (Å²) in [5.74, 6) is 0.0806. The summed E-state index contributed by atoms with van der Waals surface area (Å²) in [6.07, 6.45) is 5.51. The molecule has 1 saturated carbocycles. The van der Waals surface area contributed by atoms with Crippen LogP contribution in [0.25, 0.3) is 0 Å². The lowest BCUT2D eigenvalue weighted by molar-refractivity contribution is -0.133. The number of aliphatic carboxylic acids is 1. The number of carboxylic acids is 1. The minimum Gasteiger partial charge on any atom is -0.481 e. The van der Waals surface area contributed by atoms with Crippen LogP contribution in [0.3, 0.4) is 0 Å². The molecule has 1 N–H and O–H groups in total. The lowest BCUT2D eigenvalue weighted by atomic mass is 10.1. The first kappa shape index (κ1) is 12.9. The van der Waals surface area contributed by atoms with Gasteiger partial charge in [0.05, 0.1) is 5.75 Å². The molecule has 1 aliphatic carbocycles. The second kappa shape index (κ2) is 5.50. The summed E-state index contributed by atoms with van der Waals surface area (Å²) in [7, 11) is 0. The van der Waals surface area contributed by atoms with Crippen molar-refractivity contribution in [1.29, 1.82) is 0 Å². The molecule has 2 aliphatic rings. The van der Waals surface area contributed by atoms with E-state index in [2.05, 4.69) is 14.8 Å². The summed E-state index contributed by atoms with van der Waals surface area (Å²) in [5, 5.41) is 17.9. The highest BCUT2D eigenvalue weighted by molar-refractivity contribution is 7.99. The third-order valence-corrected chi connectivity index (χ3v) is 4.32. The van der Waals surface area contributed by atoms with Crippen LogP contribution >= 0.6 is 11.8 Å². The first-order valence-corrected chi connectivity index (χ1v) is 7.65. The lowest BCUT2D eigenvalue weighted by Crippen LogP contribution is -2.16. The monoisotopic (exact) mass is 283 g/mol. The van der Waals surface area contributed by atoms with Crippen molar-refractivity contribution in [3.05, 3.63) is 5.82 Å². The molecule has 2 heterocycles. The van der Waals surface area contributed by atoms with Crippen LogP contribution in [0, 0.1) is 0 Å². The van der Waals surface area contributed by atoms with Gasteiger partial charge in [-0.15, -0.1) is 10.2 Å². The van der Waals surface area contributed by atoms with Crippen molar-refractivity contribution in [1.82, 2.24) is 14.8 Å². The van der Waals surface area contributed by atoms with E-state index in [0.29, 0.717) is 11.2 Å². The van der Waals surface area contributed by atoms with Gasteiger partial charge in [0.1, 0.15) is 6.10 Å². The van der Waals surface area contributed by atoms with Crippen LogP contribution in [0.5, 0.6) is 0 Å². The molecule has 1 atom stereocenters. The number of rotatable bonds is 5. The molecule has 0 spiro atoms. The van der Waals surface area contributed by atoms with Crippen LogP contribution in [0.4, 0.5) is 0 Å². The Hall–Kier alpha value is -1.08. The Balaban J connectivity index is 1.81. The van der Waals surface area contributed by atoms with Gasteiger partial charge in [-0.2, -0.15) is 0 Å². The Bertz CT molecular complexity index is 467. The van der Waals surface area contributed by atoms with Crippen LogP contribution in [-0.4, -0.2) is 38.2 Å². The van der Waals surface area contributed by atoms with E-state index in [9.17, 15) is 4.79 Å². The van der Waals surface area contributed by atoms with Gasteiger partial charge in [-0.1, -0.05) is 11.8 Å². The standard InChI is InChI=1S/C12H17N3O3S/c16-10(17)7-19-12-14-13-11(15(12)8-4-5-8)9-3-1-2-6-18-9/h8-9H,1-7H2,(H,16,17). The molecule has 7 heteroatoms. The van der Waals surface area contributed by atoms with E-state index in [0.717, 1.165) is 44.5 Å². The Morgan fingerprint density at radius 3 is 2.84 bits per heavy atom. The van der Waals surface area contributed by atoms with Crippen molar-refractivity contribution >= 4 is 17.7 Å². The number of hydrogen-bond donors (Lipinski definition) is 1. The first-order chi connectivity index (χ1) is 9.25. The number of nitrogens with zero attached hydrogens (tertiary/aromatic N) is 3. The van der Waals surface area contributed by atoms with Gasteiger partial charge in [-0.25, -0.2) is 0 Å². The van der Waals surface area contributed by atoms with Crippen molar-refractivity contribution in [2.45, 2.75) is 49.4 Å². The van der Waals surface area contributed by atoms with Gasteiger partial charge in [-0.05, 0) is 32.1 Å². The summed E-state index contributed by atoms with van der Waals surface area (Å²) < 4.78 is 7.87. The SMILES string of the molecule is O=C(O)CSc1nnc(C2CCCCO2)n1C1CC1. The lowest BCUT2D eigenvalue weighted by Gasteiger charge is -2.22. The highest BCUT2D eigenvalue weighted by Gasteiger charge is 2.33. The molecule has 6 nitrogen and oxygen atoms in total. The number of hydrogen-bond acceptors (Lipinski definition) is 5. The molecular weight excluding hydrogens is 266 g/mol. The molecule has 0 bridgehead atoms. The fourth-order valence-corrected chi connectivity index (χ4v) is 3.09. The maximum Gasteiger partial charge on any atom is 0.313 e. The van der Waals surface area contributed by atoms with Crippen molar-refractivity contribution in [3.63, 3.8) is 0 Å². The average Bonchev–Trinajstić information content (AvgIpc) is 3.17. The first-order valence-electron chi connectivity index (χ1n) is 6.66. The molecule has 1 unspecified atom stereocenters. The molecule has 1 saturated heterocycles. The number of thioether (sulfide) groups is 1. The second-order valence-electron chi connectivity index (χ2n) is 4.98. The van der Waals surface area contributed by atoms with Gasteiger partial charge in [0.15, 0.2) is 11.0 Å². The average molecular weight is 283 g/mol. The smallest absolute Gasteiger partial charge is 0.313 e. The molecule has 1 aliphatic heterocycles. The van der Waals surface area contributed by atoms with Crippen molar-refractivity contribution < 1.29 is 14.6 Å². The quantitative estimate of drug-likeness (QED) is 0.833. The van der Waals surface area contributed by atoms with E-state index in [1.54, 1.807) is 0 Å². The van der Waals surface area contributed by atoms with Gasteiger partial charge in [0.2, 0.25) is 0 Å². The fraction of sp³-hybridized carbons (Fsp3) is 0.750. The Kier molecular flexibility index (Phi) is 3.74. The third-order valence-electron chi connectivity index (χ3n) is 3.40. The topological polar surface area (TPSA) is 77.2 Å². The highest BCUT2D eigenvalue weighted by Crippen LogP contribution is 2.41. The zero-order valence-corrected chi connectivity index (χ0v) is 11.4. The summed E-state index contributed by atoms with van der Waals surface area (Å²) in [5.41, 5.74) is 0. The highest BCUT2D eigenvalue weighted by atomic mass is 32.2. The minimum atomic E-state index is -0.828. The molecule has 0 amide bonds.